The SMILES string of the molecule is CC(Cn1ccnc1)NC(=O)C1C2CCC(C2)C1N. The van der Waals surface area contributed by atoms with Crippen molar-refractivity contribution in [3.63, 3.8) is 0 Å². The Kier molecular flexibility index (Phi) is 3.31. The molecule has 5 unspecified atom stereocenters. The van der Waals surface area contributed by atoms with Gasteiger partial charge in [-0.3, -0.25) is 4.79 Å². The lowest BCUT2D eigenvalue weighted by Crippen LogP contribution is -2.48. The molecule has 0 saturated heterocycles. The van der Waals surface area contributed by atoms with Gasteiger partial charge in [-0.1, -0.05) is 0 Å². The Morgan fingerprint density at radius 3 is 2.95 bits per heavy atom. The van der Waals surface area contributed by atoms with Gasteiger partial charge in [-0.2, -0.15) is 0 Å². The predicted molar refractivity (Wildman–Crippen MR) is 72.1 cm³/mol. The van der Waals surface area contributed by atoms with Crippen molar-refractivity contribution in [1.82, 2.24) is 14.9 Å². The van der Waals surface area contributed by atoms with Crippen molar-refractivity contribution in [2.75, 3.05) is 0 Å². The van der Waals surface area contributed by atoms with Gasteiger partial charge >= 0.3 is 0 Å². The fraction of sp³-hybridized carbons (Fsp3) is 0.714. The second-order valence-electron chi connectivity index (χ2n) is 6.11. The third-order valence-electron chi connectivity index (χ3n) is 4.72. The number of amides is 1. The van der Waals surface area contributed by atoms with Gasteiger partial charge in [0.1, 0.15) is 0 Å². The highest BCUT2D eigenvalue weighted by atomic mass is 16.2. The molecule has 3 N–H and O–H groups in total. The maximum atomic E-state index is 12.4. The topological polar surface area (TPSA) is 72.9 Å². The van der Waals surface area contributed by atoms with Gasteiger partial charge in [0, 0.05) is 31.0 Å². The van der Waals surface area contributed by atoms with Crippen molar-refractivity contribution < 1.29 is 4.79 Å². The van der Waals surface area contributed by atoms with Crippen molar-refractivity contribution in [3.05, 3.63) is 18.7 Å². The summed E-state index contributed by atoms with van der Waals surface area (Å²) in [7, 11) is 0. The van der Waals surface area contributed by atoms with Gasteiger partial charge in [0.25, 0.3) is 0 Å². The number of nitrogens with zero attached hydrogens (tertiary/aromatic N) is 2. The van der Waals surface area contributed by atoms with Crippen LogP contribution in [0.15, 0.2) is 18.7 Å². The average Bonchev–Trinajstić information content (AvgIpc) is 3.04. The van der Waals surface area contributed by atoms with Crippen molar-refractivity contribution in [1.29, 1.82) is 0 Å². The van der Waals surface area contributed by atoms with Gasteiger partial charge < -0.3 is 15.6 Å². The molecular weight excluding hydrogens is 240 g/mol. The number of carbonyl (C=O) groups is 1. The molecular formula is C14H22N4O. The van der Waals surface area contributed by atoms with E-state index < -0.39 is 0 Å². The number of rotatable bonds is 4. The fourth-order valence-electron chi connectivity index (χ4n) is 3.82. The molecule has 5 heteroatoms. The van der Waals surface area contributed by atoms with Crippen LogP contribution >= 0.6 is 0 Å². The number of fused-ring (bicyclic) bond motifs is 2. The van der Waals surface area contributed by atoms with Crippen molar-refractivity contribution in [3.8, 4) is 0 Å². The van der Waals surface area contributed by atoms with E-state index in [9.17, 15) is 4.79 Å². The molecule has 0 radical (unpaired) electrons. The van der Waals surface area contributed by atoms with Gasteiger partial charge in [0.05, 0.1) is 12.2 Å². The first kappa shape index (κ1) is 12.7. The molecule has 2 aliphatic rings. The molecule has 104 valence electrons. The maximum absolute atomic E-state index is 12.4. The molecule has 1 aromatic rings. The number of nitrogens with one attached hydrogen (secondary N) is 1. The third-order valence-corrected chi connectivity index (χ3v) is 4.72. The van der Waals surface area contributed by atoms with Gasteiger partial charge in [0.15, 0.2) is 0 Å². The van der Waals surface area contributed by atoms with E-state index in [2.05, 4.69) is 10.3 Å². The average molecular weight is 262 g/mol. The van der Waals surface area contributed by atoms with E-state index in [1.54, 1.807) is 12.5 Å². The number of nitrogens with two attached hydrogens (primary N) is 1. The molecule has 2 saturated carbocycles. The molecule has 1 amide bonds. The van der Waals surface area contributed by atoms with Gasteiger partial charge in [0.2, 0.25) is 5.91 Å². The summed E-state index contributed by atoms with van der Waals surface area (Å²) in [5.74, 6) is 1.27. The summed E-state index contributed by atoms with van der Waals surface area (Å²) in [6.07, 6.45) is 8.96. The van der Waals surface area contributed by atoms with Crippen LogP contribution in [0.25, 0.3) is 0 Å². The molecule has 19 heavy (non-hydrogen) atoms. The normalized spacial score (nSPS) is 34.4. The van der Waals surface area contributed by atoms with Crippen LogP contribution in [0.2, 0.25) is 0 Å². The van der Waals surface area contributed by atoms with Gasteiger partial charge in [-0.05, 0) is 38.0 Å². The molecule has 0 aromatic carbocycles. The monoisotopic (exact) mass is 262 g/mol. The number of hydrogen-bond acceptors (Lipinski definition) is 3. The summed E-state index contributed by atoms with van der Waals surface area (Å²) in [5.41, 5.74) is 6.20. The second kappa shape index (κ2) is 4.96. The molecule has 1 aromatic heterocycles. The Morgan fingerprint density at radius 1 is 1.53 bits per heavy atom. The minimum absolute atomic E-state index is 0.0315. The number of hydrogen-bond donors (Lipinski definition) is 2. The lowest BCUT2D eigenvalue weighted by atomic mass is 9.84. The van der Waals surface area contributed by atoms with E-state index in [0.29, 0.717) is 11.8 Å². The Hall–Kier alpha value is -1.36. The van der Waals surface area contributed by atoms with Gasteiger partial charge in [-0.15, -0.1) is 0 Å². The minimum atomic E-state index is 0.0315. The zero-order valence-electron chi connectivity index (χ0n) is 11.3. The lowest BCUT2D eigenvalue weighted by molar-refractivity contribution is -0.127. The zero-order valence-corrected chi connectivity index (χ0v) is 11.3. The van der Waals surface area contributed by atoms with E-state index in [-0.39, 0.29) is 23.9 Å². The fourth-order valence-corrected chi connectivity index (χ4v) is 3.82. The molecule has 1 heterocycles. The quantitative estimate of drug-likeness (QED) is 0.841. The summed E-state index contributed by atoms with van der Waals surface area (Å²) in [6, 6.07) is 0.173. The summed E-state index contributed by atoms with van der Waals surface area (Å²) in [4.78, 5) is 16.4. The van der Waals surface area contributed by atoms with Crippen LogP contribution in [0, 0.1) is 17.8 Å². The van der Waals surface area contributed by atoms with Crippen molar-refractivity contribution >= 4 is 5.91 Å². The molecule has 2 fully saturated rings. The Morgan fingerprint density at radius 2 is 2.32 bits per heavy atom. The van der Waals surface area contributed by atoms with Crippen LogP contribution in [0.3, 0.4) is 0 Å². The smallest absolute Gasteiger partial charge is 0.225 e. The first-order chi connectivity index (χ1) is 9.15. The Bertz CT molecular complexity index is 442. The van der Waals surface area contributed by atoms with Crippen LogP contribution < -0.4 is 11.1 Å². The molecule has 2 bridgehead atoms. The molecule has 2 aliphatic carbocycles. The number of imidazole rings is 1. The van der Waals surface area contributed by atoms with Crippen LogP contribution in [0.5, 0.6) is 0 Å². The van der Waals surface area contributed by atoms with Crippen LogP contribution in [-0.4, -0.2) is 27.5 Å². The summed E-state index contributed by atoms with van der Waals surface area (Å²) in [6.45, 7) is 2.78. The zero-order chi connectivity index (χ0) is 13.4. The van der Waals surface area contributed by atoms with E-state index in [1.165, 1.54) is 12.8 Å². The molecule has 3 rings (SSSR count). The number of carbonyl (C=O) groups excluding carboxylic acids is 1. The van der Waals surface area contributed by atoms with Crippen LogP contribution in [-0.2, 0) is 11.3 Å². The largest absolute Gasteiger partial charge is 0.352 e. The van der Waals surface area contributed by atoms with E-state index in [4.69, 9.17) is 5.73 Å². The van der Waals surface area contributed by atoms with Crippen LogP contribution in [0.1, 0.15) is 26.2 Å². The summed E-state index contributed by atoms with van der Waals surface area (Å²) >= 11 is 0. The molecule has 5 atom stereocenters. The molecule has 5 nitrogen and oxygen atoms in total. The number of aromatic nitrogens is 2. The Balaban J connectivity index is 1.56. The van der Waals surface area contributed by atoms with E-state index in [1.807, 2.05) is 17.7 Å². The standard InChI is InChI=1S/C14H22N4O/c1-9(7-18-5-4-16-8-18)17-14(19)12-10-2-3-11(6-10)13(12)15/h4-5,8-13H,2-3,6-7,15H2,1H3,(H,17,19). The summed E-state index contributed by atoms with van der Waals surface area (Å²) < 4.78 is 1.98. The van der Waals surface area contributed by atoms with Crippen LogP contribution in [0.4, 0.5) is 0 Å². The molecule has 0 aliphatic heterocycles. The predicted octanol–water partition coefficient (Wildman–Crippen LogP) is 0.761. The molecule has 0 spiro atoms. The minimum Gasteiger partial charge on any atom is -0.352 e. The highest BCUT2D eigenvalue weighted by molar-refractivity contribution is 5.80. The highest BCUT2D eigenvalue weighted by Gasteiger charge is 2.49. The third kappa shape index (κ3) is 2.39. The second-order valence-corrected chi connectivity index (χ2v) is 6.11. The highest BCUT2D eigenvalue weighted by Crippen LogP contribution is 2.47. The first-order valence-corrected chi connectivity index (χ1v) is 7.17. The summed E-state index contributed by atoms with van der Waals surface area (Å²) in [5, 5.41) is 3.11. The van der Waals surface area contributed by atoms with Crippen molar-refractivity contribution in [2.45, 2.75) is 44.8 Å². The van der Waals surface area contributed by atoms with E-state index in [0.717, 1.165) is 13.0 Å². The van der Waals surface area contributed by atoms with Gasteiger partial charge in [-0.25, -0.2) is 4.98 Å². The maximum Gasteiger partial charge on any atom is 0.225 e. The Labute approximate surface area is 113 Å². The van der Waals surface area contributed by atoms with Crippen molar-refractivity contribution in [2.24, 2.45) is 23.5 Å². The lowest BCUT2D eigenvalue weighted by Gasteiger charge is -2.28. The first-order valence-electron chi connectivity index (χ1n) is 7.17. The van der Waals surface area contributed by atoms with E-state index >= 15 is 0 Å².